The molecule has 0 aliphatic heterocycles. The van der Waals surface area contributed by atoms with Gasteiger partial charge >= 0.3 is 0 Å². The third-order valence-electron chi connectivity index (χ3n) is 3.01. The summed E-state index contributed by atoms with van der Waals surface area (Å²) in [5.74, 6) is 1.06. The lowest BCUT2D eigenvalue weighted by molar-refractivity contribution is 0.646. The molecule has 0 unspecified atom stereocenters. The van der Waals surface area contributed by atoms with Gasteiger partial charge in [-0.05, 0) is 31.4 Å². The fourth-order valence-electron chi connectivity index (χ4n) is 2.00. The van der Waals surface area contributed by atoms with E-state index in [1.807, 2.05) is 6.33 Å². The molecule has 2 rings (SSSR count). The summed E-state index contributed by atoms with van der Waals surface area (Å²) in [5.41, 5.74) is 3.96. The first-order chi connectivity index (χ1) is 8.20. The number of hydrogen-bond donors (Lipinski definition) is 0. The van der Waals surface area contributed by atoms with Gasteiger partial charge in [-0.3, -0.25) is 0 Å². The predicted molar refractivity (Wildman–Crippen MR) is 69.0 cm³/mol. The van der Waals surface area contributed by atoms with E-state index >= 15 is 0 Å². The molecule has 0 saturated carbocycles. The Morgan fingerprint density at radius 2 is 2.06 bits per heavy atom. The van der Waals surface area contributed by atoms with Crippen molar-refractivity contribution in [2.45, 2.75) is 40.2 Å². The predicted octanol–water partition coefficient (Wildman–Crippen LogP) is 2.90. The molecular weight excluding hydrogens is 210 g/mol. The van der Waals surface area contributed by atoms with Crippen LogP contribution in [0.1, 0.15) is 35.9 Å². The maximum atomic E-state index is 4.21. The van der Waals surface area contributed by atoms with Gasteiger partial charge in [0.2, 0.25) is 0 Å². The van der Waals surface area contributed by atoms with Gasteiger partial charge in [-0.1, -0.05) is 30.7 Å². The molecule has 3 nitrogen and oxygen atoms in total. The van der Waals surface area contributed by atoms with E-state index in [1.54, 1.807) is 0 Å². The Hall–Kier alpha value is -1.64. The second-order valence-corrected chi connectivity index (χ2v) is 4.55. The molecule has 2 aromatic rings. The Balaban J connectivity index is 2.25. The zero-order valence-corrected chi connectivity index (χ0v) is 10.8. The lowest BCUT2D eigenvalue weighted by atomic mass is 10.0. The average molecular weight is 229 g/mol. The topological polar surface area (TPSA) is 30.7 Å². The molecule has 1 aromatic heterocycles. The molecule has 0 radical (unpaired) electrons. The number of rotatable bonds is 4. The van der Waals surface area contributed by atoms with E-state index in [2.05, 4.69) is 53.7 Å². The largest absolute Gasteiger partial charge is 0.317 e. The Labute approximate surface area is 103 Å². The quantitative estimate of drug-likeness (QED) is 0.807. The first-order valence-electron chi connectivity index (χ1n) is 6.13. The van der Waals surface area contributed by atoms with Crippen molar-refractivity contribution in [1.29, 1.82) is 0 Å². The molecular formula is C14H19N3. The van der Waals surface area contributed by atoms with E-state index in [1.165, 1.54) is 16.7 Å². The number of hydrogen-bond acceptors (Lipinski definition) is 2. The van der Waals surface area contributed by atoms with Crippen molar-refractivity contribution in [1.82, 2.24) is 14.8 Å². The molecule has 0 N–H and O–H groups in total. The Kier molecular flexibility index (Phi) is 3.57. The van der Waals surface area contributed by atoms with Crippen molar-refractivity contribution in [3.63, 3.8) is 0 Å². The highest BCUT2D eigenvalue weighted by atomic mass is 15.3. The second kappa shape index (κ2) is 5.13. The van der Waals surface area contributed by atoms with Crippen LogP contribution >= 0.6 is 0 Å². The minimum atomic E-state index is 0.869. The fraction of sp³-hybridized carbons (Fsp3) is 0.429. The van der Waals surface area contributed by atoms with E-state index in [9.17, 15) is 0 Å². The van der Waals surface area contributed by atoms with Gasteiger partial charge in [-0.25, -0.2) is 0 Å². The number of benzene rings is 1. The molecule has 0 aliphatic carbocycles. The summed E-state index contributed by atoms with van der Waals surface area (Å²) in [5, 5.41) is 8.22. The first-order valence-corrected chi connectivity index (χ1v) is 6.13. The van der Waals surface area contributed by atoms with Crippen LogP contribution in [0, 0.1) is 13.8 Å². The standard InChI is InChI=1S/C14H19N3/c1-4-7-17-10-15-16-14(17)9-13-8-11(2)5-6-12(13)3/h5-6,8,10H,4,7,9H2,1-3H3. The second-order valence-electron chi connectivity index (χ2n) is 4.55. The van der Waals surface area contributed by atoms with Crippen LogP contribution in [0.2, 0.25) is 0 Å². The van der Waals surface area contributed by atoms with Crippen molar-refractivity contribution in [3.05, 3.63) is 47.0 Å². The van der Waals surface area contributed by atoms with Crippen molar-refractivity contribution in [2.24, 2.45) is 0 Å². The Bertz CT molecular complexity index is 500. The van der Waals surface area contributed by atoms with Crippen molar-refractivity contribution >= 4 is 0 Å². The van der Waals surface area contributed by atoms with E-state index in [-0.39, 0.29) is 0 Å². The molecule has 90 valence electrons. The highest BCUT2D eigenvalue weighted by Gasteiger charge is 2.07. The maximum absolute atomic E-state index is 4.21. The normalized spacial score (nSPS) is 10.8. The summed E-state index contributed by atoms with van der Waals surface area (Å²) in [6, 6.07) is 6.56. The van der Waals surface area contributed by atoms with Crippen molar-refractivity contribution in [3.8, 4) is 0 Å². The molecule has 17 heavy (non-hydrogen) atoms. The number of aromatic nitrogens is 3. The monoisotopic (exact) mass is 229 g/mol. The van der Waals surface area contributed by atoms with Gasteiger partial charge in [-0.2, -0.15) is 0 Å². The van der Waals surface area contributed by atoms with E-state index in [4.69, 9.17) is 0 Å². The summed E-state index contributed by atoms with van der Waals surface area (Å²) in [4.78, 5) is 0. The molecule has 1 aromatic carbocycles. The van der Waals surface area contributed by atoms with Crippen molar-refractivity contribution in [2.75, 3.05) is 0 Å². The third-order valence-corrected chi connectivity index (χ3v) is 3.01. The van der Waals surface area contributed by atoms with Crippen LogP contribution in [0.15, 0.2) is 24.5 Å². The highest BCUT2D eigenvalue weighted by Crippen LogP contribution is 2.14. The molecule has 3 heteroatoms. The highest BCUT2D eigenvalue weighted by molar-refractivity contribution is 5.32. The first kappa shape index (κ1) is 11.8. The van der Waals surface area contributed by atoms with Gasteiger partial charge in [0, 0.05) is 13.0 Å². The lowest BCUT2D eigenvalue weighted by Gasteiger charge is -2.08. The molecule has 0 spiro atoms. The van der Waals surface area contributed by atoms with Gasteiger partial charge in [0.05, 0.1) is 0 Å². The average Bonchev–Trinajstić information content (AvgIpc) is 2.72. The molecule has 0 bridgehead atoms. The molecule has 0 aliphatic rings. The third kappa shape index (κ3) is 2.73. The van der Waals surface area contributed by atoms with Gasteiger partial charge in [-0.15, -0.1) is 10.2 Å². The molecule has 0 amide bonds. The molecule has 0 fully saturated rings. The Morgan fingerprint density at radius 1 is 1.24 bits per heavy atom. The molecule has 0 saturated heterocycles. The van der Waals surface area contributed by atoms with Crippen LogP contribution in [0.5, 0.6) is 0 Å². The smallest absolute Gasteiger partial charge is 0.137 e. The van der Waals surface area contributed by atoms with Crippen LogP contribution in [0.25, 0.3) is 0 Å². The molecule has 1 heterocycles. The van der Waals surface area contributed by atoms with Crippen LogP contribution in [-0.4, -0.2) is 14.8 Å². The molecule has 0 atom stereocenters. The van der Waals surface area contributed by atoms with Crippen LogP contribution in [-0.2, 0) is 13.0 Å². The number of nitrogens with zero attached hydrogens (tertiary/aromatic N) is 3. The minimum absolute atomic E-state index is 0.869. The summed E-state index contributed by atoms with van der Waals surface area (Å²) >= 11 is 0. The van der Waals surface area contributed by atoms with Crippen LogP contribution in [0.4, 0.5) is 0 Å². The maximum Gasteiger partial charge on any atom is 0.137 e. The van der Waals surface area contributed by atoms with Crippen LogP contribution in [0.3, 0.4) is 0 Å². The summed E-state index contributed by atoms with van der Waals surface area (Å²) in [6.07, 6.45) is 3.80. The summed E-state index contributed by atoms with van der Waals surface area (Å²) < 4.78 is 2.14. The minimum Gasteiger partial charge on any atom is -0.317 e. The Morgan fingerprint density at radius 3 is 2.82 bits per heavy atom. The summed E-state index contributed by atoms with van der Waals surface area (Å²) in [7, 11) is 0. The van der Waals surface area contributed by atoms with E-state index in [0.29, 0.717) is 0 Å². The van der Waals surface area contributed by atoms with Gasteiger partial charge in [0.1, 0.15) is 12.2 Å². The van der Waals surface area contributed by atoms with Gasteiger partial charge in [0.25, 0.3) is 0 Å². The van der Waals surface area contributed by atoms with E-state index < -0.39 is 0 Å². The van der Waals surface area contributed by atoms with Crippen molar-refractivity contribution < 1.29 is 0 Å². The lowest BCUT2D eigenvalue weighted by Crippen LogP contribution is -2.04. The van der Waals surface area contributed by atoms with Crippen LogP contribution < -0.4 is 0 Å². The van der Waals surface area contributed by atoms with Gasteiger partial charge < -0.3 is 4.57 Å². The van der Waals surface area contributed by atoms with Gasteiger partial charge in [0.15, 0.2) is 0 Å². The SMILES string of the molecule is CCCn1cnnc1Cc1cc(C)ccc1C. The summed E-state index contributed by atoms with van der Waals surface area (Å²) in [6.45, 7) is 7.43. The zero-order chi connectivity index (χ0) is 12.3. The number of aryl methyl sites for hydroxylation is 3. The van der Waals surface area contributed by atoms with E-state index in [0.717, 1.165) is 25.2 Å². The fourth-order valence-corrected chi connectivity index (χ4v) is 2.00. The zero-order valence-electron chi connectivity index (χ0n) is 10.8.